The van der Waals surface area contributed by atoms with Crippen LogP contribution in [-0.4, -0.2) is 38.1 Å². The number of ether oxygens (including phenoxy) is 2. The van der Waals surface area contributed by atoms with Crippen LogP contribution in [-0.2, 0) is 11.3 Å². The lowest BCUT2D eigenvalue weighted by Gasteiger charge is -2.12. The molecule has 1 aromatic heterocycles. The van der Waals surface area contributed by atoms with Gasteiger partial charge in [-0.3, -0.25) is 0 Å². The second kappa shape index (κ2) is 7.85. The first-order chi connectivity index (χ1) is 12.1. The first kappa shape index (κ1) is 17.7. The van der Waals surface area contributed by atoms with Crippen molar-refractivity contribution in [2.45, 2.75) is 20.0 Å². The van der Waals surface area contributed by atoms with Gasteiger partial charge in [0.05, 0.1) is 12.2 Å². The highest BCUT2D eigenvalue weighted by atomic mass is 32.1. The van der Waals surface area contributed by atoms with E-state index < -0.39 is 0 Å². The third-order valence-corrected chi connectivity index (χ3v) is 5.07. The van der Waals surface area contributed by atoms with Gasteiger partial charge < -0.3 is 14.4 Å². The van der Waals surface area contributed by atoms with Gasteiger partial charge in [0.25, 0.3) is 0 Å². The van der Waals surface area contributed by atoms with E-state index in [2.05, 4.69) is 36.5 Å². The average Bonchev–Trinajstić information content (AvgIpc) is 3.00. The Bertz CT molecular complexity index is 792. The van der Waals surface area contributed by atoms with Crippen LogP contribution in [0.2, 0.25) is 0 Å². The Balaban J connectivity index is 2.04. The molecule has 0 amide bonds. The summed E-state index contributed by atoms with van der Waals surface area (Å²) in [6.45, 7) is 3.70. The molecule has 5 heteroatoms. The Labute approximate surface area is 152 Å². The molecule has 4 nitrogen and oxygen atoms in total. The molecule has 3 rings (SSSR count). The summed E-state index contributed by atoms with van der Waals surface area (Å²) in [6, 6.07) is 7.65. The maximum atomic E-state index is 12.1. The second-order valence-corrected chi connectivity index (χ2v) is 7.12. The minimum Gasteiger partial charge on any atom is -0.488 e. The molecule has 1 aliphatic heterocycles. The van der Waals surface area contributed by atoms with Gasteiger partial charge in [-0.1, -0.05) is 6.08 Å². The number of nitrogens with zero attached hydrogens (tertiary/aromatic N) is 1. The van der Waals surface area contributed by atoms with Gasteiger partial charge in [0.2, 0.25) is 0 Å². The highest BCUT2D eigenvalue weighted by molar-refractivity contribution is 7.11. The number of carbonyl (C=O) groups excluding carboxylic acids is 1. The lowest BCUT2D eigenvalue weighted by atomic mass is 9.98. The Morgan fingerprint density at radius 3 is 2.96 bits per heavy atom. The van der Waals surface area contributed by atoms with Gasteiger partial charge in [-0.15, -0.1) is 11.3 Å². The molecule has 0 N–H and O–H groups in total. The molecule has 1 aliphatic rings. The topological polar surface area (TPSA) is 38.8 Å². The van der Waals surface area contributed by atoms with Crippen LogP contribution in [0.5, 0.6) is 5.75 Å². The van der Waals surface area contributed by atoms with E-state index in [9.17, 15) is 4.79 Å². The largest absolute Gasteiger partial charge is 0.488 e. The van der Waals surface area contributed by atoms with E-state index in [-0.39, 0.29) is 5.97 Å². The van der Waals surface area contributed by atoms with Crippen LogP contribution < -0.4 is 4.74 Å². The number of rotatable bonds is 5. The Morgan fingerprint density at radius 1 is 1.36 bits per heavy atom. The molecule has 0 radical (unpaired) electrons. The first-order valence-electron chi connectivity index (χ1n) is 8.46. The van der Waals surface area contributed by atoms with Gasteiger partial charge in [0, 0.05) is 22.5 Å². The van der Waals surface area contributed by atoms with Crippen molar-refractivity contribution in [3.8, 4) is 5.75 Å². The lowest BCUT2D eigenvalue weighted by Crippen LogP contribution is -2.12. The first-order valence-corrected chi connectivity index (χ1v) is 9.34. The van der Waals surface area contributed by atoms with E-state index >= 15 is 0 Å². The zero-order valence-corrected chi connectivity index (χ0v) is 15.7. The van der Waals surface area contributed by atoms with Crippen molar-refractivity contribution in [2.75, 3.05) is 27.2 Å². The summed E-state index contributed by atoms with van der Waals surface area (Å²) in [5, 5.41) is 2.09. The predicted octanol–water partition coefficient (Wildman–Crippen LogP) is 4.20. The van der Waals surface area contributed by atoms with Gasteiger partial charge in [-0.05, 0) is 62.7 Å². The van der Waals surface area contributed by atoms with E-state index in [0.29, 0.717) is 18.8 Å². The summed E-state index contributed by atoms with van der Waals surface area (Å²) in [5.41, 5.74) is 3.86. The number of hydrogen-bond acceptors (Lipinski definition) is 5. The molecule has 1 aromatic carbocycles. The van der Waals surface area contributed by atoms with Crippen LogP contribution in [0.3, 0.4) is 0 Å². The summed E-state index contributed by atoms with van der Waals surface area (Å²) in [7, 11) is 4.14. The molecule has 25 heavy (non-hydrogen) atoms. The monoisotopic (exact) mass is 357 g/mol. The molecule has 0 aliphatic carbocycles. The van der Waals surface area contributed by atoms with Crippen molar-refractivity contribution in [1.29, 1.82) is 0 Å². The Kier molecular flexibility index (Phi) is 5.56. The second-order valence-electron chi connectivity index (χ2n) is 6.20. The highest BCUT2D eigenvalue weighted by Crippen LogP contribution is 2.40. The Morgan fingerprint density at radius 2 is 2.20 bits per heavy atom. The number of benzene rings is 1. The van der Waals surface area contributed by atoms with E-state index in [0.717, 1.165) is 29.9 Å². The maximum absolute atomic E-state index is 12.1. The Hall–Kier alpha value is -2.11. The minimum atomic E-state index is -0.298. The molecular weight excluding hydrogens is 334 g/mol. The molecule has 0 bridgehead atoms. The zero-order valence-electron chi connectivity index (χ0n) is 14.9. The number of thiophene rings is 1. The molecule has 2 heterocycles. The van der Waals surface area contributed by atoms with Crippen molar-refractivity contribution in [3.63, 3.8) is 0 Å². The van der Waals surface area contributed by atoms with E-state index in [1.54, 1.807) is 17.4 Å². The molecule has 0 atom stereocenters. The van der Waals surface area contributed by atoms with Crippen LogP contribution in [0.15, 0.2) is 35.7 Å². The summed E-state index contributed by atoms with van der Waals surface area (Å²) in [4.78, 5) is 15.5. The van der Waals surface area contributed by atoms with Gasteiger partial charge >= 0.3 is 5.97 Å². The molecule has 0 saturated carbocycles. The third-order valence-electron chi connectivity index (χ3n) is 4.08. The van der Waals surface area contributed by atoms with Crippen LogP contribution in [0.25, 0.3) is 5.57 Å². The maximum Gasteiger partial charge on any atom is 0.338 e. The van der Waals surface area contributed by atoms with E-state index in [1.807, 2.05) is 19.1 Å². The SMILES string of the molecule is CCOC(=O)c1ccc2c(c1)/C(=C\CCN(C)C)c1sccc1CO2. The molecule has 0 saturated heterocycles. The van der Waals surface area contributed by atoms with Gasteiger partial charge in [0.1, 0.15) is 12.4 Å². The minimum absolute atomic E-state index is 0.298. The van der Waals surface area contributed by atoms with Gasteiger partial charge in [-0.25, -0.2) is 4.79 Å². The van der Waals surface area contributed by atoms with Crippen molar-refractivity contribution < 1.29 is 14.3 Å². The molecule has 132 valence electrons. The number of hydrogen-bond donors (Lipinski definition) is 0. The lowest BCUT2D eigenvalue weighted by molar-refractivity contribution is 0.0526. The molecular formula is C20H23NO3S. The predicted molar refractivity (Wildman–Crippen MR) is 101 cm³/mol. The highest BCUT2D eigenvalue weighted by Gasteiger charge is 2.22. The van der Waals surface area contributed by atoms with Crippen LogP contribution >= 0.6 is 11.3 Å². The number of esters is 1. The van der Waals surface area contributed by atoms with Crippen LogP contribution in [0.4, 0.5) is 0 Å². The summed E-state index contributed by atoms with van der Waals surface area (Å²) < 4.78 is 11.1. The standard InChI is InChI=1S/C20H23NO3S/c1-4-23-20(22)14-7-8-18-17(12-14)16(6-5-10-21(2)3)19-15(13-24-18)9-11-25-19/h6-9,11-12H,4-5,10,13H2,1-3H3/b16-6+. The van der Waals surface area contributed by atoms with Crippen molar-refractivity contribution in [2.24, 2.45) is 0 Å². The van der Waals surface area contributed by atoms with Crippen LogP contribution in [0.1, 0.15) is 39.7 Å². The quantitative estimate of drug-likeness (QED) is 0.752. The van der Waals surface area contributed by atoms with Crippen molar-refractivity contribution >= 4 is 22.9 Å². The average molecular weight is 357 g/mol. The third kappa shape index (κ3) is 3.94. The molecule has 0 unspecified atom stereocenters. The summed E-state index contributed by atoms with van der Waals surface area (Å²) in [5.74, 6) is 0.515. The summed E-state index contributed by atoms with van der Waals surface area (Å²) in [6.07, 6.45) is 3.18. The normalized spacial score (nSPS) is 14.6. The van der Waals surface area contributed by atoms with Gasteiger partial charge in [0.15, 0.2) is 0 Å². The van der Waals surface area contributed by atoms with Gasteiger partial charge in [-0.2, -0.15) is 0 Å². The fourth-order valence-corrected chi connectivity index (χ4v) is 3.81. The van der Waals surface area contributed by atoms with Crippen molar-refractivity contribution in [1.82, 2.24) is 4.90 Å². The molecule has 0 spiro atoms. The van der Waals surface area contributed by atoms with E-state index in [1.165, 1.54) is 10.4 Å². The number of carbonyl (C=O) groups is 1. The molecule has 2 aromatic rings. The van der Waals surface area contributed by atoms with E-state index in [4.69, 9.17) is 9.47 Å². The zero-order chi connectivity index (χ0) is 17.8. The number of fused-ring (bicyclic) bond motifs is 2. The molecule has 0 fully saturated rings. The summed E-state index contributed by atoms with van der Waals surface area (Å²) >= 11 is 1.72. The van der Waals surface area contributed by atoms with Crippen molar-refractivity contribution in [3.05, 3.63) is 57.3 Å². The van der Waals surface area contributed by atoms with Crippen LogP contribution in [0, 0.1) is 0 Å². The fourth-order valence-electron chi connectivity index (χ4n) is 2.84. The fraction of sp³-hybridized carbons (Fsp3) is 0.350. The smallest absolute Gasteiger partial charge is 0.338 e.